The maximum absolute atomic E-state index is 14.0. The Morgan fingerprint density at radius 3 is 2.40 bits per heavy atom. The first-order valence-corrected chi connectivity index (χ1v) is 14.3. The minimum atomic E-state index is -0.910. The predicted octanol–water partition coefficient (Wildman–Crippen LogP) is 5.10. The van der Waals surface area contributed by atoms with Gasteiger partial charge in [0.05, 0.1) is 26.7 Å². The second kappa shape index (κ2) is 13.2. The second-order valence-electron chi connectivity index (χ2n) is 10.8. The molecule has 2 aliphatic rings. The van der Waals surface area contributed by atoms with E-state index in [1.54, 1.807) is 14.2 Å². The number of carbonyl (C=O) groups is 2. The van der Waals surface area contributed by atoms with Gasteiger partial charge in [-0.1, -0.05) is 43.7 Å². The van der Waals surface area contributed by atoms with Gasteiger partial charge in [0, 0.05) is 31.6 Å². The van der Waals surface area contributed by atoms with Crippen molar-refractivity contribution in [2.45, 2.75) is 38.3 Å². The molecule has 42 heavy (non-hydrogen) atoms. The maximum Gasteiger partial charge on any atom is 0.309 e. The molecule has 3 aromatic carbocycles. The molecule has 0 aliphatic carbocycles. The van der Waals surface area contributed by atoms with E-state index in [1.807, 2.05) is 76.5 Å². The zero-order valence-electron chi connectivity index (χ0n) is 24.3. The van der Waals surface area contributed by atoms with Crippen LogP contribution < -0.4 is 18.9 Å². The maximum atomic E-state index is 14.0. The summed E-state index contributed by atoms with van der Waals surface area (Å²) in [7, 11) is 3.22. The Kier molecular flexibility index (Phi) is 9.17. The third-order valence-electron chi connectivity index (χ3n) is 8.15. The topological polar surface area (TPSA) is 97.8 Å². The predicted molar refractivity (Wildman–Crippen MR) is 157 cm³/mol. The van der Waals surface area contributed by atoms with Gasteiger partial charge in [-0.3, -0.25) is 14.5 Å². The van der Waals surface area contributed by atoms with Gasteiger partial charge < -0.3 is 29.0 Å². The lowest BCUT2D eigenvalue weighted by Gasteiger charge is -2.30. The van der Waals surface area contributed by atoms with Gasteiger partial charge in [0.15, 0.2) is 11.5 Å². The molecule has 0 spiro atoms. The average Bonchev–Trinajstić information content (AvgIpc) is 3.64. The van der Waals surface area contributed by atoms with E-state index >= 15 is 0 Å². The fourth-order valence-corrected chi connectivity index (χ4v) is 5.98. The van der Waals surface area contributed by atoms with Crippen LogP contribution >= 0.6 is 0 Å². The van der Waals surface area contributed by atoms with Crippen molar-refractivity contribution in [3.8, 4) is 23.0 Å². The number of nitrogens with zero attached hydrogens (tertiary/aromatic N) is 2. The minimum absolute atomic E-state index is 0.0414. The molecule has 2 heterocycles. The number of hydrogen-bond acceptors (Lipinski definition) is 7. The largest absolute Gasteiger partial charge is 0.497 e. The first-order valence-electron chi connectivity index (χ1n) is 14.3. The lowest BCUT2D eigenvalue weighted by atomic mass is 9.82. The fraction of sp³-hybridized carbons (Fsp3) is 0.394. The molecule has 1 N–H and O–H groups in total. The highest BCUT2D eigenvalue weighted by molar-refractivity contribution is 5.79. The normalized spacial score (nSPS) is 19.5. The van der Waals surface area contributed by atoms with Gasteiger partial charge in [0.25, 0.3) is 0 Å². The standard InChI is InChI=1S/C33H38N2O7/c1-4-5-15-34(18-22-7-6-8-26(16-22)40-3)30(36)20-35-19-27(24-11-14-28-29(17-24)42-21-41-28)31(33(37)38)32(35)23-9-12-25(39-2)13-10-23/h6-14,16-17,27,31-32H,4-5,15,18-21H2,1-3H3,(H,37,38)/t27-,31+,32-/m1/s1. The number of rotatable bonds is 12. The number of fused-ring (bicyclic) bond motifs is 1. The van der Waals surface area contributed by atoms with Crippen molar-refractivity contribution in [1.82, 2.24) is 9.80 Å². The number of unbranched alkanes of at least 4 members (excludes halogenated alkanes) is 1. The van der Waals surface area contributed by atoms with Gasteiger partial charge in [-0.2, -0.15) is 0 Å². The van der Waals surface area contributed by atoms with E-state index < -0.39 is 17.9 Å². The van der Waals surface area contributed by atoms with E-state index in [9.17, 15) is 14.7 Å². The van der Waals surface area contributed by atoms with Gasteiger partial charge in [-0.25, -0.2) is 0 Å². The Morgan fingerprint density at radius 2 is 1.69 bits per heavy atom. The Hall–Kier alpha value is -4.24. The number of carboxylic acids is 1. The van der Waals surface area contributed by atoms with E-state index in [-0.39, 0.29) is 25.2 Å². The third-order valence-corrected chi connectivity index (χ3v) is 8.15. The molecule has 0 aromatic heterocycles. The highest BCUT2D eigenvalue weighted by Gasteiger charge is 2.48. The zero-order valence-corrected chi connectivity index (χ0v) is 24.3. The smallest absolute Gasteiger partial charge is 0.309 e. The number of carbonyl (C=O) groups excluding carboxylic acids is 1. The molecule has 9 heteroatoms. The number of amides is 1. The number of ether oxygens (including phenoxy) is 4. The highest BCUT2D eigenvalue weighted by Crippen LogP contribution is 2.47. The van der Waals surface area contributed by atoms with Gasteiger partial charge in [-0.05, 0) is 59.5 Å². The fourth-order valence-electron chi connectivity index (χ4n) is 5.98. The minimum Gasteiger partial charge on any atom is -0.497 e. The molecule has 222 valence electrons. The van der Waals surface area contributed by atoms with Crippen LogP contribution in [0.15, 0.2) is 66.7 Å². The van der Waals surface area contributed by atoms with Gasteiger partial charge >= 0.3 is 5.97 Å². The summed E-state index contributed by atoms with van der Waals surface area (Å²) < 4.78 is 21.8. The molecular formula is C33H38N2O7. The van der Waals surface area contributed by atoms with Crippen LogP contribution in [0.2, 0.25) is 0 Å². The summed E-state index contributed by atoms with van der Waals surface area (Å²) in [5.41, 5.74) is 2.65. The van der Waals surface area contributed by atoms with Crippen LogP contribution in [0.1, 0.15) is 48.4 Å². The van der Waals surface area contributed by atoms with E-state index in [0.29, 0.717) is 36.9 Å². The molecule has 3 aromatic rings. The van der Waals surface area contributed by atoms with Crippen LogP contribution in [0, 0.1) is 5.92 Å². The molecule has 3 atom stereocenters. The lowest BCUT2D eigenvalue weighted by molar-refractivity contribution is -0.144. The molecule has 5 rings (SSSR count). The molecular weight excluding hydrogens is 536 g/mol. The lowest BCUT2D eigenvalue weighted by Crippen LogP contribution is -2.41. The number of hydrogen-bond donors (Lipinski definition) is 1. The number of likely N-dealkylation sites (tertiary alicyclic amines) is 1. The van der Waals surface area contributed by atoms with Crippen LogP contribution in [0.5, 0.6) is 23.0 Å². The molecule has 0 saturated carbocycles. The zero-order chi connectivity index (χ0) is 29.6. The third kappa shape index (κ3) is 6.31. The monoisotopic (exact) mass is 574 g/mol. The number of carboxylic acid groups (broad SMARTS) is 1. The number of aliphatic carboxylic acids is 1. The van der Waals surface area contributed by atoms with E-state index in [1.165, 1.54) is 0 Å². The summed E-state index contributed by atoms with van der Waals surface area (Å²) >= 11 is 0. The first kappa shape index (κ1) is 29.3. The Labute approximate surface area is 246 Å². The van der Waals surface area contributed by atoms with Gasteiger partial charge in [0.1, 0.15) is 11.5 Å². The SMILES string of the molecule is CCCCN(Cc1cccc(OC)c1)C(=O)CN1C[C@H](c2ccc3c(c2)OCO3)[C@H](C(=O)O)[C@H]1c1ccc(OC)cc1. The van der Waals surface area contributed by atoms with Crippen molar-refractivity contribution < 1.29 is 33.6 Å². The van der Waals surface area contributed by atoms with E-state index in [0.717, 1.165) is 35.3 Å². The van der Waals surface area contributed by atoms with Crippen LogP contribution in [0.25, 0.3) is 0 Å². The number of methoxy groups -OCH3 is 2. The Morgan fingerprint density at radius 1 is 0.952 bits per heavy atom. The first-order chi connectivity index (χ1) is 20.4. The van der Waals surface area contributed by atoms with Crippen molar-refractivity contribution in [3.05, 3.63) is 83.4 Å². The molecule has 9 nitrogen and oxygen atoms in total. The summed E-state index contributed by atoms with van der Waals surface area (Å²) in [6.45, 7) is 3.80. The van der Waals surface area contributed by atoms with Crippen molar-refractivity contribution in [1.29, 1.82) is 0 Å². The molecule has 1 fully saturated rings. The summed E-state index contributed by atoms with van der Waals surface area (Å²) in [5, 5.41) is 10.6. The summed E-state index contributed by atoms with van der Waals surface area (Å²) in [6, 6.07) is 20.3. The van der Waals surface area contributed by atoms with Crippen LogP contribution in [0.3, 0.4) is 0 Å². The summed E-state index contributed by atoms with van der Waals surface area (Å²) in [4.78, 5) is 30.8. The quantitative estimate of drug-likeness (QED) is 0.319. The van der Waals surface area contributed by atoms with Gasteiger partial charge in [0.2, 0.25) is 12.7 Å². The molecule has 2 aliphatic heterocycles. The summed E-state index contributed by atoms with van der Waals surface area (Å²) in [5.74, 6) is 0.581. The average molecular weight is 575 g/mol. The Balaban J connectivity index is 1.46. The van der Waals surface area contributed by atoms with Crippen molar-refractivity contribution in [2.75, 3.05) is 40.6 Å². The van der Waals surface area contributed by atoms with Crippen molar-refractivity contribution >= 4 is 11.9 Å². The van der Waals surface area contributed by atoms with Crippen molar-refractivity contribution in [3.63, 3.8) is 0 Å². The number of benzene rings is 3. The van der Waals surface area contributed by atoms with E-state index in [4.69, 9.17) is 18.9 Å². The molecule has 1 amide bonds. The molecule has 0 radical (unpaired) electrons. The van der Waals surface area contributed by atoms with Crippen molar-refractivity contribution in [2.24, 2.45) is 5.92 Å². The van der Waals surface area contributed by atoms with Crippen LogP contribution in [-0.4, -0.2) is 67.4 Å². The molecule has 1 saturated heterocycles. The second-order valence-corrected chi connectivity index (χ2v) is 10.8. The van der Waals surface area contributed by atoms with E-state index in [2.05, 4.69) is 6.92 Å². The van der Waals surface area contributed by atoms with Crippen LogP contribution in [-0.2, 0) is 16.1 Å². The Bertz CT molecular complexity index is 1390. The highest BCUT2D eigenvalue weighted by atomic mass is 16.7. The molecule has 0 bridgehead atoms. The van der Waals surface area contributed by atoms with Gasteiger partial charge in [-0.15, -0.1) is 0 Å². The summed E-state index contributed by atoms with van der Waals surface area (Å²) in [6.07, 6.45) is 1.82. The molecule has 0 unspecified atom stereocenters. The van der Waals surface area contributed by atoms with Crippen LogP contribution in [0.4, 0.5) is 0 Å².